The predicted molar refractivity (Wildman–Crippen MR) is 97.3 cm³/mol. The highest BCUT2D eigenvalue weighted by Crippen LogP contribution is 2.22. The minimum absolute atomic E-state index is 0.501. The van der Waals surface area contributed by atoms with Crippen LogP contribution in [0.5, 0.6) is 0 Å². The highest BCUT2D eigenvalue weighted by molar-refractivity contribution is 7.10. The van der Waals surface area contributed by atoms with E-state index in [1.807, 2.05) is 42.6 Å². The van der Waals surface area contributed by atoms with Crippen molar-refractivity contribution < 1.29 is 0 Å². The van der Waals surface area contributed by atoms with Gasteiger partial charge in [0.25, 0.3) is 0 Å². The number of anilines is 2. The van der Waals surface area contributed by atoms with Crippen molar-refractivity contribution in [3.05, 3.63) is 34.2 Å². The molecule has 6 heteroatoms. The second-order valence-corrected chi connectivity index (χ2v) is 7.36. The quantitative estimate of drug-likeness (QED) is 0.912. The highest BCUT2D eigenvalue weighted by Gasteiger charge is 2.20. The van der Waals surface area contributed by atoms with Gasteiger partial charge in [-0.25, -0.2) is 4.98 Å². The lowest BCUT2D eigenvalue weighted by atomic mass is 10.0. The molecule has 0 radical (unpaired) electrons. The van der Waals surface area contributed by atoms with E-state index < -0.39 is 0 Å². The lowest BCUT2D eigenvalue weighted by molar-refractivity contribution is 0.212. The van der Waals surface area contributed by atoms with E-state index in [1.165, 1.54) is 10.4 Å². The van der Waals surface area contributed by atoms with E-state index in [0.717, 1.165) is 44.2 Å². The maximum atomic E-state index is 4.55. The van der Waals surface area contributed by atoms with Gasteiger partial charge in [-0.05, 0) is 42.8 Å². The third-order valence-corrected chi connectivity index (χ3v) is 5.33. The van der Waals surface area contributed by atoms with Crippen LogP contribution in [0.3, 0.4) is 0 Å². The predicted octanol–water partition coefficient (Wildman–Crippen LogP) is 2.99. The van der Waals surface area contributed by atoms with Crippen LogP contribution in [0.1, 0.15) is 23.3 Å². The number of nitrogens with one attached hydrogen (secondary N) is 1. The molecule has 1 fully saturated rings. The zero-order valence-electron chi connectivity index (χ0n) is 14.1. The number of aryl methyl sites for hydroxylation is 1. The molecule has 0 saturated carbocycles. The van der Waals surface area contributed by atoms with Gasteiger partial charge in [0.1, 0.15) is 5.82 Å². The van der Waals surface area contributed by atoms with Crippen molar-refractivity contribution in [2.45, 2.75) is 32.4 Å². The number of hydrogen-bond acceptors (Lipinski definition) is 6. The first-order valence-electron chi connectivity index (χ1n) is 8.14. The first kappa shape index (κ1) is 16.2. The topological polar surface area (TPSA) is 44.3 Å². The van der Waals surface area contributed by atoms with E-state index in [1.54, 1.807) is 0 Å². The van der Waals surface area contributed by atoms with Crippen LogP contribution in [0, 0.1) is 6.92 Å². The molecule has 0 bridgehead atoms. The van der Waals surface area contributed by atoms with Gasteiger partial charge >= 0.3 is 0 Å². The number of nitrogens with zero attached hydrogens (tertiary/aromatic N) is 4. The molecule has 3 heterocycles. The molecule has 0 amide bonds. The molecule has 0 atom stereocenters. The summed E-state index contributed by atoms with van der Waals surface area (Å²) in [5, 5.41) is 5.76. The van der Waals surface area contributed by atoms with Gasteiger partial charge < -0.3 is 10.2 Å². The first-order chi connectivity index (χ1) is 11.1. The van der Waals surface area contributed by atoms with E-state index >= 15 is 0 Å². The van der Waals surface area contributed by atoms with E-state index in [0.29, 0.717) is 6.04 Å². The maximum absolute atomic E-state index is 4.55. The molecular formula is C17H25N5S. The smallest absolute Gasteiger partial charge is 0.226 e. The monoisotopic (exact) mass is 331 g/mol. The Morgan fingerprint density at radius 3 is 2.74 bits per heavy atom. The summed E-state index contributed by atoms with van der Waals surface area (Å²) in [6.07, 6.45) is 4.14. The van der Waals surface area contributed by atoms with Crippen molar-refractivity contribution in [1.82, 2.24) is 14.9 Å². The molecule has 2 aromatic heterocycles. The highest BCUT2D eigenvalue weighted by atomic mass is 32.1. The van der Waals surface area contributed by atoms with Gasteiger partial charge in [-0.2, -0.15) is 4.98 Å². The normalized spacial score (nSPS) is 16.5. The summed E-state index contributed by atoms with van der Waals surface area (Å²) in [6, 6.07) is 4.67. The third-order valence-electron chi connectivity index (χ3n) is 4.32. The molecule has 0 spiro atoms. The van der Waals surface area contributed by atoms with E-state index in [-0.39, 0.29) is 0 Å². The lowest BCUT2D eigenvalue weighted by Crippen LogP contribution is -2.38. The van der Waals surface area contributed by atoms with E-state index in [2.05, 4.69) is 38.6 Å². The van der Waals surface area contributed by atoms with Crippen LogP contribution in [-0.4, -0.2) is 48.1 Å². The molecule has 0 unspecified atom stereocenters. The van der Waals surface area contributed by atoms with Gasteiger partial charge in [0.2, 0.25) is 5.95 Å². The van der Waals surface area contributed by atoms with Crippen LogP contribution < -0.4 is 10.2 Å². The number of rotatable bonds is 5. The van der Waals surface area contributed by atoms with Crippen LogP contribution in [0.4, 0.5) is 11.8 Å². The number of piperidine rings is 1. The molecule has 1 aliphatic heterocycles. The van der Waals surface area contributed by atoms with Gasteiger partial charge in [-0.1, -0.05) is 0 Å². The number of aromatic nitrogens is 2. The molecule has 3 rings (SSSR count). The Bertz CT molecular complexity index is 631. The Hall–Kier alpha value is -1.66. The Kier molecular flexibility index (Phi) is 5.13. The standard InChI is InChI=1S/C17H25N5S/c1-13-7-11-23-15(13)12-22-9-5-14(6-10-22)19-16-4-8-18-17(20-16)21(2)3/h4,7-8,11,14H,5-6,9-10,12H2,1-3H3,(H,18,19,20). The van der Waals surface area contributed by atoms with Crippen molar-refractivity contribution in [3.63, 3.8) is 0 Å². The van der Waals surface area contributed by atoms with Crippen LogP contribution >= 0.6 is 11.3 Å². The Morgan fingerprint density at radius 2 is 2.09 bits per heavy atom. The van der Waals surface area contributed by atoms with Gasteiger partial charge in [0, 0.05) is 50.8 Å². The second-order valence-electron chi connectivity index (χ2n) is 6.36. The molecule has 1 saturated heterocycles. The fourth-order valence-electron chi connectivity index (χ4n) is 2.86. The fraction of sp³-hybridized carbons (Fsp3) is 0.529. The zero-order chi connectivity index (χ0) is 16.2. The fourth-order valence-corrected chi connectivity index (χ4v) is 3.81. The Morgan fingerprint density at radius 1 is 1.30 bits per heavy atom. The Labute approximate surface area is 142 Å². The van der Waals surface area contributed by atoms with Gasteiger partial charge in [-0.3, -0.25) is 4.90 Å². The molecule has 1 aliphatic rings. The maximum Gasteiger partial charge on any atom is 0.226 e. The van der Waals surface area contributed by atoms with Crippen molar-refractivity contribution >= 4 is 23.1 Å². The van der Waals surface area contributed by atoms with Crippen LogP contribution in [-0.2, 0) is 6.54 Å². The average Bonchev–Trinajstić information content (AvgIpc) is 2.95. The number of hydrogen-bond donors (Lipinski definition) is 1. The number of likely N-dealkylation sites (tertiary alicyclic amines) is 1. The van der Waals surface area contributed by atoms with Crippen LogP contribution in [0.25, 0.3) is 0 Å². The molecule has 1 N–H and O–H groups in total. The molecule has 23 heavy (non-hydrogen) atoms. The zero-order valence-corrected chi connectivity index (χ0v) is 14.9. The summed E-state index contributed by atoms with van der Waals surface area (Å²) >= 11 is 1.87. The summed E-state index contributed by atoms with van der Waals surface area (Å²) in [5.74, 6) is 1.68. The van der Waals surface area contributed by atoms with Crippen molar-refractivity contribution in [2.75, 3.05) is 37.4 Å². The second kappa shape index (κ2) is 7.27. The van der Waals surface area contributed by atoms with Crippen molar-refractivity contribution in [3.8, 4) is 0 Å². The average molecular weight is 331 g/mol. The lowest BCUT2D eigenvalue weighted by Gasteiger charge is -2.32. The minimum Gasteiger partial charge on any atom is -0.367 e. The third kappa shape index (κ3) is 4.20. The number of thiophene rings is 1. The van der Waals surface area contributed by atoms with Crippen LogP contribution in [0.2, 0.25) is 0 Å². The summed E-state index contributed by atoms with van der Waals surface area (Å²) < 4.78 is 0. The molecule has 0 aromatic carbocycles. The van der Waals surface area contributed by atoms with Crippen molar-refractivity contribution in [1.29, 1.82) is 0 Å². The van der Waals surface area contributed by atoms with Crippen LogP contribution in [0.15, 0.2) is 23.7 Å². The first-order valence-corrected chi connectivity index (χ1v) is 9.02. The van der Waals surface area contributed by atoms with Gasteiger partial charge in [0.15, 0.2) is 0 Å². The van der Waals surface area contributed by atoms with Crippen molar-refractivity contribution in [2.24, 2.45) is 0 Å². The SMILES string of the molecule is Cc1ccsc1CN1CCC(Nc2ccnc(N(C)C)n2)CC1. The van der Waals surface area contributed by atoms with E-state index in [9.17, 15) is 0 Å². The molecule has 5 nitrogen and oxygen atoms in total. The summed E-state index contributed by atoms with van der Waals surface area (Å²) in [5.41, 5.74) is 1.42. The molecule has 124 valence electrons. The molecule has 2 aromatic rings. The van der Waals surface area contributed by atoms with E-state index in [4.69, 9.17) is 0 Å². The Balaban J connectivity index is 1.51. The minimum atomic E-state index is 0.501. The summed E-state index contributed by atoms with van der Waals surface area (Å²) in [6.45, 7) is 5.58. The molecular weight excluding hydrogens is 306 g/mol. The largest absolute Gasteiger partial charge is 0.367 e. The summed E-state index contributed by atoms with van der Waals surface area (Å²) in [7, 11) is 3.92. The van der Waals surface area contributed by atoms with Gasteiger partial charge in [-0.15, -0.1) is 11.3 Å². The summed E-state index contributed by atoms with van der Waals surface area (Å²) in [4.78, 5) is 14.8. The molecule has 0 aliphatic carbocycles. The van der Waals surface area contributed by atoms with Gasteiger partial charge in [0.05, 0.1) is 0 Å².